The Morgan fingerprint density at radius 3 is 2.96 bits per heavy atom. The highest BCUT2D eigenvalue weighted by Crippen LogP contribution is 2.32. The fraction of sp³-hybridized carbons (Fsp3) is 0.471. The van der Waals surface area contributed by atoms with Crippen LogP contribution in [0, 0.1) is 19.8 Å². The van der Waals surface area contributed by atoms with E-state index in [4.69, 9.17) is 0 Å². The van der Waals surface area contributed by atoms with Gasteiger partial charge in [0, 0.05) is 6.04 Å². The van der Waals surface area contributed by atoms with Crippen LogP contribution in [0.1, 0.15) is 30.9 Å². The number of amides is 1. The number of hydrogen-bond donors (Lipinski definition) is 1. The third-order valence-electron chi connectivity index (χ3n) is 4.19. The van der Waals surface area contributed by atoms with Crippen LogP contribution in [-0.2, 0) is 4.79 Å². The average Bonchev–Trinajstić information content (AvgIpc) is 3.27. The number of nitrogens with zero attached hydrogens (tertiary/aromatic N) is 3. The molecule has 5 nitrogen and oxygen atoms in total. The van der Waals surface area contributed by atoms with Crippen LogP contribution in [0.3, 0.4) is 0 Å². The Morgan fingerprint density at radius 2 is 2.22 bits per heavy atom. The van der Waals surface area contributed by atoms with Crippen LogP contribution in [0.2, 0.25) is 0 Å². The van der Waals surface area contributed by atoms with Crippen LogP contribution in [0.25, 0.3) is 5.69 Å². The molecule has 0 bridgehead atoms. The lowest BCUT2D eigenvalue weighted by Gasteiger charge is -2.13. The van der Waals surface area contributed by atoms with Crippen LogP contribution in [0.15, 0.2) is 29.7 Å². The number of carbonyl (C=O) groups excluding carboxylic acids is 1. The van der Waals surface area contributed by atoms with Gasteiger partial charge in [-0.3, -0.25) is 9.36 Å². The summed E-state index contributed by atoms with van der Waals surface area (Å²) in [7, 11) is 0. The van der Waals surface area contributed by atoms with E-state index in [9.17, 15) is 4.79 Å². The summed E-state index contributed by atoms with van der Waals surface area (Å²) < 4.78 is 1.95. The Hall–Kier alpha value is -1.82. The first-order valence-corrected chi connectivity index (χ1v) is 8.93. The van der Waals surface area contributed by atoms with E-state index in [1.54, 1.807) is 6.33 Å². The minimum absolute atomic E-state index is 0.0601. The molecular formula is C17H22N4OS. The molecule has 1 aromatic heterocycles. The molecule has 1 heterocycles. The smallest absolute Gasteiger partial charge is 0.230 e. The Kier molecular flexibility index (Phi) is 4.71. The quantitative estimate of drug-likeness (QED) is 0.827. The maximum atomic E-state index is 12.1. The summed E-state index contributed by atoms with van der Waals surface area (Å²) in [5.74, 6) is 1.09. The van der Waals surface area contributed by atoms with Crippen molar-refractivity contribution < 1.29 is 4.79 Å². The SMILES string of the molecule is Cc1ccc(C)c(-n2cnnc2SCC(=O)N[C@@H](C)C2CC2)c1. The van der Waals surface area contributed by atoms with Gasteiger partial charge in [-0.05, 0) is 56.7 Å². The summed E-state index contributed by atoms with van der Waals surface area (Å²) in [5, 5.41) is 12.0. The molecule has 1 fully saturated rings. The van der Waals surface area contributed by atoms with Gasteiger partial charge >= 0.3 is 0 Å². The first-order chi connectivity index (χ1) is 11.0. The van der Waals surface area contributed by atoms with Crippen molar-refractivity contribution >= 4 is 17.7 Å². The highest BCUT2D eigenvalue weighted by atomic mass is 32.2. The highest BCUT2D eigenvalue weighted by Gasteiger charge is 2.28. The lowest BCUT2D eigenvalue weighted by molar-refractivity contribution is -0.119. The van der Waals surface area contributed by atoms with Crippen LogP contribution in [-0.4, -0.2) is 32.5 Å². The van der Waals surface area contributed by atoms with Gasteiger partial charge in [-0.1, -0.05) is 23.9 Å². The molecule has 0 unspecified atom stereocenters. The van der Waals surface area contributed by atoms with Crippen molar-refractivity contribution in [1.82, 2.24) is 20.1 Å². The maximum absolute atomic E-state index is 12.1. The lowest BCUT2D eigenvalue weighted by atomic mass is 10.1. The van der Waals surface area contributed by atoms with E-state index in [1.165, 1.54) is 30.2 Å². The lowest BCUT2D eigenvalue weighted by Crippen LogP contribution is -2.35. The van der Waals surface area contributed by atoms with Gasteiger partial charge in [-0.2, -0.15) is 0 Å². The molecule has 0 radical (unpaired) electrons. The Labute approximate surface area is 140 Å². The first kappa shape index (κ1) is 16.1. The third-order valence-corrected chi connectivity index (χ3v) is 5.13. The second-order valence-corrected chi connectivity index (χ2v) is 7.20. The van der Waals surface area contributed by atoms with Gasteiger partial charge in [0.15, 0.2) is 5.16 Å². The molecule has 23 heavy (non-hydrogen) atoms. The summed E-state index contributed by atoms with van der Waals surface area (Å²) in [4.78, 5) is 12.1. The number of thioether (sulfide) groups is 1. The van der Waals surface area contributed by atoms with E-state index in [1.807, 2.05) is 4.57 Å². The van der Waals surface area contributed by atoms with E-state index in [2.05, 4.69) is 54.5 Å². The normalized spacial score (nSPS) is 15.4. The largest absolute Gasteiger partial charge is 0.353 e. The monoisotopic (exact) mass is 330 g/mol. The predicted octanol–water partition coefficient (Wildman–Crippen LogP) is 2.89. The summed E-state index contributed by atoms with van der Waals surface area (Å²) in [6.45, 7) is 6.21. The number of benzene rings is 1. The predicted molar refractivity (Wildman–Crippen MR) is 91.9 cm³/mol. The molecule has 1 aliphatic carbocycles. The number of hydrogen-bond acceptors (Lipinski definition) is 4. The van der Waals surface area contributed by atoms with Gasteiger partial charge in [0.25, 0.3) is 0 Å². The van der Waals surface area contributed by atoms with Crippen molar-refractivity contribution in [2.45, 2.75) is 44.8 Å². The molecule has 1 N–H and O–H groups in total. The molecule has 0 saturated heterocycles. The van der Waals surface area contributed by atoms with Crippen molar-refractivity contribution in [2.24, 2.45) is 5.92 Å². The van der Waals surface area contributed by atoms with Crippen molar-refractivity contribution in [1.29, 1.82) is 0 Å². The van der Waals surface area contributed by atoms with Gasteiger partial charge in [-0.15, -0.1) is 10.2 Å². The second kappa shape index (κ2) is 6.74. The molecule has 2 aromatic rings. The third kappa shape index (κ3) is 3.93. The molecule has 6 heteroatoms. The average molecular weight is 330 g/mol. The molecule has 1 aromatic carbocycles. The molecule has 1 atom stereocenters. The number of aromatic nitrogens is 3. The Balaban J connectivity index is 1.66. The zero-order chi connectivity index (χ0) is 16.4. The topological polar surface area (TPSA) is 59.8 Å². The standard InChI is InChI=1S/C17H22N4OS/c1-11-4-5-12(2)15(8-11)21-10-18-20-17(21)23-9-16(22)19-13(3)14-6-7-14/h4-5,8,10,13-14H,6-7,9H2,1-3H3,(H,19,22)/t13-/m0/s1. The minimum Gasteiger partial charge on any atom is -0.353 e. The Morgan fingerprint density at radius 1 is 1.43 bits per heavy atom. The zero-order valence-electron chi connectivity index (χ0n) is 13.7. The molecule has 0 spiro atoms. The van der Waals surface area contributed by atoms with E-state index < -0.39 is 0 Å². The summed E-state index contributed by atoms with van der Waals surface area (Å²) >= 11 is 1.42. The number of aryl methyl sites for hydroxylation is 2. The molecule has 0 aliphatic heterocycles. The van der Waals surface area contributed by atoms with Crippen molar-refractivity contribution in [2.75, 3.05) is 5.75 Å². The van der Waals surface area contributed by atoms with Gasteiger partial charge in [-0.25, -0.2) is 0 Å². The second-order valence-electron chi connectivity index (χ2n) is 6.26. The molecule has 3 rings (SSSR count). The first-order valence-electron chi connectivity index (χ1n) is 7.94. The Bertz CT molecular complexity index is 708. The van der Waals surface area contributed by atoms with Crippen LogP contribution >= 0.6 is 11.8 Å². The molecule has 1 aliphatic rings. The minimum atomic E-state index is 0.0601. The molecule has 1 saturated carbocycles. The van der Waals surface area contributed by atoms with Gasteiger partial charge < -0.3 is 5.32 Å². The van der Waals surface area contributed by atoms with Crippen LogP contribution < -0.4 is 5.32 Å². The van der Waals surface area contributed by atoms with E-state index >= 15 is 0 Å². The van der Waals surface area contributed by atoms with Gasteiger partial charge in [0.1, 0.15) is 6.33 Å². The highest BCUT2D eigenvalue weighted by molar-refractivity contribution is 7.99. The number of rotatable bonds is 6. The maximum Gasteiger partial charge on any atom is 0.230 e. The zero-order valence-corrected chi connectivity index (χ0v) is 14.6. The number of carbonyl (C=O) groups is 1. The summed E-state index contributed by atoms with van der Waals surface area (Å²) in [6, 6.07) is 6.56. The molecular weight excluding hydrogens is 308 g/mol. The van der Waals surface area contributed by atoms with Crippen LogP contribution in [0.4, 0.5) is 0 Å². The molecule has 122 valence electrons. The van der Waals surface area contributed by atoms with Crippen LogP contribution in [0.5, 0.6) is 0 Å². The van der Waals surface area contributed by atoms with Crippen molar-refractivity contribution in [3.05, 3.63) is 35.7 Å². The summed E-state index contributed by atoms with van der Waals surface area (Å²) in [5.41, 5.74) is 3.40. The van der Waals surface area contributed by atoms with E-state index in [-0.39, 0.29) is 11.9 Å². The fourth-order valence-corrected chi connectivity index (χ4v) is 3.34. The van der Waals surface area contributed by atoms with Gasteiger partial charge in [0.05, 0.1) is 11.4 Å². The fourth-order valence-electron chi connectivity index (χ4n) is 2.61. The van der Waals surface area contributed by atoms with Crippen molar-refractivity contribution in [3.8, 4) is 5.69 Å². The van der Waals surface area contributed by atoms with Crippen molar-refractivity contribution in [3.63, 3.8) is 0 Å². The van der Waals surface area contributed by atoms with E-state index in [0.717, 1.165) is 16.4 Å². The van der Waals surface area contributed by atoms with E-state index in [0.29, 0.717) is 11.7 Å². The van der Waals surface area contributed by atoms with Gasteiger partial charge in [0.2, 0.25) is 5.91 Å². The number of nitrogens with one attached hydrogen (secondary N) is 1. The molecule has 1 amide bonds. The summed E-state index contributed by atoms with van der Waals surface area (Å²) in [6.07, 6.45) is 4.17.